The van der Waals surface area contributed by atoms with Crippen molar-refractivity contribution in [2.75, 3.05) is 5.32 Å². The summed E-state index contributed by atoms with van der Waals surface area (Å²) in [4.78, 5) is 11.2. The number of amides is 1. The second kappa shape index (κ2) is 8.45. The summed E-state index contributed by atoms with van der Waals surface area (Å²) >= 11 is 0.752. The normalized spacial score (nSPS) is 12.0. The van der Waals surface area contributed by atoms with Crippen LogP contribution in [0.15, 0.2) is 53.4 Å². The van der Waals surface area contributed by atoms with Gasteiger partial charge in [-0.05, 0) is 36.4 Å². The third-order valence-electron chi connectivity index (χ3n) is 3.66. The Morgan fingerprint density at radius 3 is 2.37 bits per heavy atom. The van der Waals surface area contributed by atoms with E-state index in [4.69, 9.17) is 0 Å². The van der Waals surface area contributed by atoms with E-state index in [1.54, 1.807) is 0 Å². The van der Waals surface area contributed by atoms with E-state index < -0.39 is 44.9 Å². The molecule has 1 heterocycles. The number of carbonyl (C=O) groups excluding carboxylic acids is 1. The number of benzene rings is 2. The molecule has 0 aliphatic carbocycles. The average molecular weight is 460 g/mol. The highest BCUT2D eigenvalue weighted by molar-refractivity contribution is 7.89. The zero-order chi connectivity index (χ0) is 21.9. The van der Waals surface area contributed by atoms with Gasteiger partial charge in [0.25, 0.3) is 5.91 Å². The molecule has 0 aliphatic rings. The molecule has 0 aliphatic heterocycles. The van der Waals surface area contributed by atoms with E-state index in [1.807, 2.05) is 4.72 Å². The molecule has 2 aromatic carbocycles. The Bertz CT molecular complexity index is 1160. The maximum Gasteiger partial charge on any atom is 0.417 e. The quantitative estimate of drug-likeness (QED) is 0.549. The summed E-state index contributed by atoms with van der Waals surface area (Å²) < 4.78 is 78.7. The number of sulfonamides is 1. The predicted octanol–water partition coefficient (Wildman–Crippen LogP) is 3.43. The summed E-state index contributed by atoms with van der Waals surface area (Å²) in [5.74, 6) is -1.14. The largest absolute Gasteiger partial charge is 0.417 e. The number of anilines is 1. The van der Waals surface area contributed by atoms with E-state index in [-0.39, 0.29) is 10.0 Å². The second-order valence-corrected chi connectivity index (χ2v) is 8.58. The topological polar surface area (TPSA) is 101 Å². The van der Waals surface area contributed by atoms with Crippen molar-refractivity contribution in [1.82, 2.24) is 14.9 Å². The summed E-state index contributed by atoms with van der Waals surface area (Å²) in [6, 6.07) is 8.72. The van der Waals surface area contributed by atoms with Crippen LogP contribution in [-0.4, -0.2) is 24.5 Å². The number of alkyl halides is 3. The Morgan fingerprint density at radius 1 is 1.03 bits per heavy atom. The highest BCUT2D eigenvalue weighted by Gasteiger charge is 2.36. The van der Waals surface area contributed by atoms with Crippen molar-refractivity contribution in [2.24, 2.45) is 0 Å². The lowest BCUT2D eigenvalue weighted by molar-refractivity contribution is -0.139. The third kappa shape index (κ3) is 5.17. The third-order valence-corrected chi connectivity index (χ3v) is 6.04. The predicted molar refractivity (Wildman–Crippen MR) is 99.7 cm³/mol. The molecule has 0 radical (unpaired) electrons. The number of rotatable bonds is 6. The number of hydrogen-bond acceptors (Lipinski definition) is 6. The van der Waals surface area contributed by atoms with Gasteiger partial charge in [0.2, 0.25) is 15.0 Å². The van der Waals surface area contributed by atoms with Crippen LogP contribution in [0.2, 0.25) is 0 Å². The molecule has 0 saturated carbocycles. The smallest absolute Gasteiger partial charge is 0.320 e. The summed E-state index contributed by atoms with van der Waals surface area (Å²) in [5, 5.41) is 9.70. The van der Waals surface area contributed by atoms with Gasteiger partial charge in [-0.25, -0.2) is 17.5 Å². The van der Waals surface area contributed by atoms with Crippen molar-refractivity contribution < 1.29 is 30.8 Å². The van der Waals surface area contributed by atoms with Gasteiger partial charge in [-0.15, -0.1) is 10.2 Å². The molecule has 2 N–H and O–H groups in total. The summed E-state index contributed by atoms with van der Waals surface area (Å²) in [6.07, 6.45) is -4.85. The lowest BCUT2D eigenvalue weighted by Gasteiger charge is -2.13. The molecule has 1 amide bonds. The van der Waals surface area contributed by atoms with Gasteiger partial charge in [-0.3, -0.25) is 4.79 Å². The van der Waals surface area contributed by atoms with Crippen LogP contribution in [0.4, 0.5) is 23.2 Å². The van der Waals surface area contributed by atoms with Crippen LogP contribution in [0.5, 0.6) is 0 Å². The second-order valence-electron chi connectivity index (χ2n) is 5.78. The molecule has 0 atom stereocenters. The fourth-order valence-electron chi connectivity index (χ4n) is 2.30. The molecule has 0 saturated heterocycles. The lowest BCUT2D eigenvalue weighted by Crippen LogP contribution is -2.26. The Labute approximate surface area is 171 Å². The van der Waals surface area contributed by atoms with Crippen molar-refractivity contribution in [1.29, 1.82) is 0 Å². The molecular formula is C17H12F4N4O3S2. The average Bonchev–Trinajstić information content (AvgIpc) is 3.17. The molecule has 13 heteroatoms. The van der Waals surface area contributed by atoms with Crippen molar-refractivity contribution in [3.8, 4) is 0 Å². The van der Waals surface area contributed by atoms with Gasteiger partial charge >= 0.3 is 6.18 Å². The fraction of sp³-hybridized carbons (Fsp3) is 0.118. The Balaban J connectivity index is 1.69. The van der Waals surface area contributed by atoms with E-state index in [0.717, 1.165) is 35.6 Å². The molecule has 0 spiro atoms. The van der Waals surface area contributed by atoms with E-state index >= 15 is 0 Å². The summed E-state index contributed by atoms with van der Waals surface area (Å²) in [7, 11) is -4.50. The number of carbonyl (C=O) groups is 1. The van der Waals surface area contributed by atoms with Crippen LogP contribution in [0.25, 0.3) is 0 Å². The fourth-order valence-corrected chi connectivity index (χ4v) is 4.28. The summed E-state index contributed by atoms with van der Waals surface area (Å²) in [5.41, 5.74) is -0.989. The zero-order valence-electron chi connectivity index (χ0n) is 14.8. The highest BCUT2D eigenvalue weighted by atomic mass is 32.2. The SMILES string of the molecule is O=C(Nc1ccc(F)cc1)c1nnc(CNS(=O)(=O)c2ccccc2C(F)(F)F)s1. The minimum atomic E-state index is -4.85. The minimum absolute atomic E-state index is 0.0623. The lowest BCUT2D eigenvalue weighted by atomic mass is 10.2. The van der Waals surface area contributed by atoms with Gasteiger partial charge in [0.15, 0.2) is 0 Å². The van der Waals surface area contributed by atoms with Crippen LogP contribution >= 0.6 is 11.3 Å². The van der Waals surface area contributed by atoms with Gasteiger partial charge in [0, 0.05) is 5.69 Å². The number of halogens is 4. The molecule has 0 bridgehead atoms. The van der Waals surface area contributed by atoms with E-state index in [2.05, 4.69) is 15.5 Å². The maximum atomic E-state index is 13.1. The number of nitrogens with zero attached hydrogens (tertiary/aromatic N) is 2. The molecular weight excluding hydrogens is 448 g/mol. The first kappa shape index (κ1) is 21.8. The van der Waals surface area contributed by atoms with Crippen LogP contribution in [0.1, 0.15) is 20.4 Å². The van der Waals surface area contributed by atoms with Gasteiger partial charge in [-0.2, -0.15) is 13.2 Å². The molecule has 0 unspecified atom stereocenters. The minimum Gasteiger partial charge on any atom is -0.320 e. The van der Waals surface area contributed by atoms with Gasteiger partial charge in [-0.1, -0.05) is 23.5 Å². The van der Waals surface area contributed by atoms with Crippen LogP contribution in [0, 0.1) is 5.82 Å². The van der Waals surface area contributed by atoms with Crippen molar-refractivity contribution in [3.63, 3.8) is 0 Å². The number of hydrogen-bond donors (Lipinski definition) is 2. The first-order chi connectivity index (χ1) is 14.1. The molecule has 1 aromatic heterocycles. The Kier molecular flexibility index (Phi) is 6.14. The highest BCUT2D eigenvalue weighted by Crippen LogP contribution is 2.33. The molecule has 30 heavy (non-hydrogen) atoms. The van der Waals surface area contributed by atoms with Crippen molar-refractivity contribution in [3.05, 3.63) is 69.9 Å². The molecule has 3 rings (SSSR count). The van der Waals surface area contributed by atoms with Gasteiger partial charge < -0.3 is 5.32 Å². The zero-order valence-corrected chi connectivity index (χ0v) is 16.4. The maximum absolute atomic E-state index is 13.1. The molecule has 0 fully saturated rings. The Hall–Kier alpha value is -2.90. The monoisotopic (exact) mass is 460 g/mol. The van der Waals surface area contributed by atoms with Crippen LogP contribution in [0.3, 0.4) is 0 Å². The van der Waals surface area contributed by atoms with E-state index in [0.29, 0.717) is 11.8 Å². The van der Waals surface area contributed by atoms with Crippen LogP contribution < -0.4 is 10.0 Å². The first-order valence-corrected chi connectivity index (χ1v) is 10.4. The molecule has 3 aromatic rings. The van der Waals surface area contributed by atoms with Gasteiger partial charge in [0.05, 0.1) is 17.0 Å². The first-order valence-electron chi connectivity index (χ1n) is 8.11. The Morgan fingerprint density at radius 2 is 1.70 bits per heavy atom. The van der Waals surface area contributed by atoms with E-state index in [9.17, 15) is 30.8 Å². The molecule has 7 nitrogen and oxygen atoms in total. The number of nitrogens with one attached hydrogen (secondary N) is 2. The van der Waals surface area contributed by atoms with E-state index in [1.165, 1.54) is 18.2 Å². The summed E-state index contributed by atoms with van der Waals surface area (Å²) in [6.45, 7) is -0.462. The van der Waals surface area contributed by atoms with Crippen LogP contribution in [-0.2, 0) is 22.7 Å². The van der Waals surface area contributed by atoms with Crippen molar-refractivity contribution in [2.45, 2.75) is 17.6 Å². The number of aromatic nitrogens is 2. The van der Waals surface area contributed by atoms with Gasteiger partial charge in [0.1, 0.15) is 10.8 Å². The standard InChI is InChI=1S/C17H12F4N4O3S2/c18-10-5-7-11(8-6-10)23-15(26)16-25-24-14(29-16)9-22-30(27,28)13-4-2-1-3-12(13)17(19,20)21/h1-8,22H,9H2,(H,23,26). The molecule has 158 valence electrons. The van der Waals surface area contributed by atoms with Crippen molar-refractivity contribution >= 4 is 33.0 Å².